The zero-order valence-corrected chi connectivity index (χ0v) is 7.01. The summed E-state index contributed by atoms with van der Waals surface area (Å²) in [7, 11) is 0. The molecule has 0 aliphatic heterocycles. The molecular formula is C9H8F2O2. The van der Waals surface area contributed by atoms with Gasteiger partial charge in [0.05, 0.1) is 12.2 Å². The second-order valence-electron chi connectivity index (χ2n) is 2.32. The molecule has 0 bridgehead atoms. The molecule has 13 heavy (non-hydrogen) atoms. The summed E-state index contributed by atoms with van der Waals surface area (Å²) < 4.78 is 30.6. The van der Waals surface area contributed by atoms with Gasteiger partial charge in [0.15, 0.2) is 17.9 Å². The lowest BCUT2D eigenvalue weighted by atomic mass is 10.2. The fourth-order valence-electron chi connectivity index (χ4n) is 0.950. The minimum absolute atomic E-state index is 0.182. The number of rotatable bonds is 3. The Kier molecular flexibility index (Phi) is 2.95. The molecule has 0 radical (unpaired) electrons. The van der Waals surface area contributed by atoms with Crippen LogP contribution in [-0.2, 0) is 0 Å². The van der Waals surface area contributed by atoms with Crippen LogP contribution in [0, 0.1) is 11.6 Å². The molecular weight excluding hydrogens is 178 g/mol. The van der Waals surface area contributed by atoms with Gasteiger partial charge in [0, 0.05) is 0 Å². The lowest BCUT2D eigenvalue weighted by molar-refractivity contribution is 0.111. The Morgan fingerprint density at radius 1 is 1.38 bits per heavy atom. The third-order valence-corrected chi connectivity index (χ3v) is 1.50. The Balaban J connectivity index is 3.25. The van der Waals surface area contributed by atoms with Crippen LogP contribution in [0.3, 0.4) is 0 Å². The normalized spacial score (nSPS) is 9.77. The fourth-order valence-corrected chi connectivity index (χ4v) is 0.950. The van der Waals surface area contributed by atoms with E-state index in [1.807, 2.05) is 0 Å². The second kappa shape index (κ2) is 3.98. The van der Waals surface area contributed by atoms with E-state index < -0.39 is 11.6 Å². The molecule has 1 aromatic rings. The van der Waals surface area contributed by atoms with Crippen molar-refractivity contribution < 1.29 is 18.3 Å². The average molecular weight is 186 g/mol. The van der Waals surface area contributed by atoms with Crippen LogP contribution in [0.1, 0.15) is 17.3 Å². The number of benzene rings is 1. The zero-order valence-electron chi connectivity index (χ0n) is 7.01. The van der Waals surface area contributed by atoms with Gasteiger partial charge in [-0.25, -0.2) is 8.78 Å². The molecule has 0 unspecified atom stereocenters. The molecule has 70 valence electrons. The van der Waals surface area contributed by atoms with Crippen molar-refractivity contribution in [3.8, 4) is 5.75 Å². The Hall–Kier alpha value is -1.45. The maximum atomic E-state index is 13.0. The van der Waals surface area contributed by atoms with Crippen LogP contribution in [0.15, 0.2) is 12.1 Å². The molecule has 1 aromatic carbocycles. The van der Waals surface area contributed by atoms with Crippen molar-refractivity contribution in [3.63, 3.8) is 0 Å². The highest BCUT2D eigenvalue weighted by Gasteiger charge is 2.13. The highest BCUT2D eigenvalue weighted by molar-refractivity contribution is 5.79. The van der Waals surface area contributed by atoms with Crippen LogP contribution in [0.25, 0.3) is 0 Å². The Labute approximate surface area is 74.1 Å². The van der Waals surface area contributed by atoms with E-state index in [0.29, 0.717) is 0 Å². The van der Waals surface area contributed by atoms with Gasteiger partial charge in [-0.05, 0) is 19.1 Å². The second-order valence-corrected chi connectivity index (χ2v) is 2.32. The number of halogens is 2. The van der Waals surface area contributed by atoms with Gasteiger partial charge < -0.3 is 4.74 Å². The van der Waals surface area contributed by atoms with Gasteiger partial charge in [0.2, 0.25) is 0 Å². The molecule has 0 amide bonds. The van der Waals surface area contributed by atoms with Crippen LogP contribution < -0.4 is 4.74 Å². The number of hydrogen-bond acceptors (Lipinski definition) is 2. The van der Waals surface area contributed by atoms with E-state index >= 15 is 0 Å². The molecule has 0 fully saturated rings. The van der Waals surface area contributed by atoms with E-state index in [4.69, 9.17) is 4.74 Å². The molecule has 0 saturated carbocycles. The lowest BCUT2D eigenvalue weighted by Gasteiger charge is -2.07. The van der Waals surface area contributed by atoms with Gasteiger partial charge in [-0.2, -0.15) is 0 Å². The molecule has 0 spiro atoms. The summed E-state index contributed by atoms with van der Waals surface area (Å²) >= 11 is 0. The first-order chi connectivity index (χ1) is 6.20. The minimum Gasteiger partial charge on any atom is -0.490 e. The molecule has 2 nitrogen and oxygen atoms in total. The van der Waals surface area contributed by atoms with E-state index in [9.17, 15) is 13.6 Å². The number of hydrogen-bond donors (Lipinski definition) is 0. The first-order valence-corrected chi connectivity index (χ1v) is 3.76. The van der Waals surface area contributed by atoms with Crippen LogP contribution >= 0.6 is 0 Å². The Morgan fingerprint density at radius 2 is 2.00 bits per heavy atom. The molecule has 0 heterocycles. The highest BCUT2D eigenvalue weighted by Crippen LogP contribution is 2.23. The predicted octanol–water partition coefficient (Wildman–Crippen LogP) is 2.18. The van der Waals surface area contributed by atoms with E-state index in [1.54, 1.807) is 6.92 Å². The van der Waals surface area contributed by atoms with Gasteiger partial charge in [-0.3, -0.25) is 4.79 Å². The van der Waals surface area contributed by atoms with E-state index in [-0.39, 0.29) is 24.2 Å². The minimum atomic E-state index is -0.778. The Bertz CT molecular complexity index is 324. The van der Waals surface area contributed by atoms with Crippen LogP contribution in [0.5, 0.6) is 5.75 Å². The number of aldehydes is 1. The maximum Gasteiger partial charge on any atom is 0.168 e. The van der Waals surface area contributed by atoms with Crippen LogP contribution in [0.2, 0.25) is 0 Å². The number of carbonyl (C=O) groups is 1. The van der Waals surface area contributed by atoms with Gasteiger partial charge >= 0.3 is 0 Å². The predicted molar refractivity (Wildman–Crippen MR) is 42.9 cm³/mol. The highest BCUT2D eigenvalue weighted by atomic mass is 19.1. The van der Waals surface area contributed by atoms with Crippen LogP contribution in [-0.4, -0.2) is 12.9 Å². The summed E-state index contributed by atoms with van der Waals surface area (Å²) in [5.74, 6) is -1.83. The largest absolute Gasteiger partial charge is 0.490 e. The molecule has 0 aliphatic carbocycles. The first-order valence-electron chi connectivity index (χ1n) is 3.76. The van der Waals surface area contributed by atoms with Crippen LogP contribution in [0.4, 0.5) is 8.78 Å². The maximum absolute atomic E-state index is 13.0. The van der Waals surface area contributed by atoms with Crippen molar-refractivity contribution in [2.75, 3.05) is 6.61 Å². The molecule has 0 aromatic heterocycles. The summed E-state index contributed by atoms with van der Waals surface area (Å²) in [5, 5.41) is 0. The third-order valence-electron chi connectivity index (χ3n) is 1.50. The van der Waals surface area contributed by atoms with Crippen molar-refractivity contribution in [3.05, 3.63) is 29.3 Å². The van der Waals surface area contributed by atoms with Crippen molar-refractivity contribution >= 4 is 6.29 Å². The zero-order chi connectivity index (χ0) is 9.84. The van der Waals surface area contributed by atoms with E-state index in [1.165, 1.54) is 0 Å². The molecule has 0 saturated heterocycles. The summed E-state index contributed by atoms with van der Waals surface area (Å²) in [6.07, 6.45) is 0.239. The van der Waals surface area contributed by atoms with Crippen molar-refractivity contribution in [1.29, 1.82) is 0 Å². The molecule has 1 rings (SSSR count). The SMILES string of the molecule is CCOc1c(F)ccc(F)c1C=O. The monoisotopic (exact) mass is 186 g/mol. The smallest absolute Gasteiger partial charge is 0.168 e. The summed E-state index contributed by atoms with van der Waals surface area (Å²) in [6.45, 7) is 1.81. The fraction of sp³-hybridized carbons (Fsp3) is 0.222. The molecule has 4 heteroatoms. The summed E-state index contributed by atoms with van der Waals surface area (Å²) in [6, 6.07) is 1.81. The average Bonchev–Trinajstić information content (AvgIpc) is 2.12. The summed E-state index contributed by atoms with van der Waals surface area (Å²) in [5.41, 5.74) is -0.373. The molecule has 0 N–H and O–H groups in total. The van der Waals surface area contributed by atoms with Crippen molar-refractivity contribution in [2.45, 2.75) is 6.92 Å². The van der Waals surface area contributed by atoms with Gasteiger partial charge in [0.25, 0.3) is 0 Å². The van der Waals surface area contributed by atoms with Gasteiger partial charge in [-0.1, -0.05) is 0 Å². The van der Waals surface area contributed by atoms with Crippen molar-refractivity contribution in [1.82, 2.24) is 0 Å². The third kappa shape index (κ3) is 1.83. The van der Waals surface area contributed by atoms with Gasteiger partial charge in [-0.15, -0.1) is 0 Å². The standard InChI is InChI=1S/C9H8F2O2/c1-2-13-9-6(5-12)7(10)3-4-8(9)11/h3-5H,2H2,1H3. The number of ether oxygens (including phenoxy) is 1. The first kappa shape index (κ1) is 9.64. The van der Waals surface area contributed by atoms with E-state index in [2.05, 4.69) is 0 Å². The summed E-state index contributed by atoms with van der Waals surface area (Å²) in [4.78, 5) is 10.4. The molecule has 0 aliphatic rings. The van der Waals surface area contributed by atoms with Gasteiger partial charge in [0.1, 0.15) is 5.82 Å². The van der Waals surface area contributed by atoms with Crippen molar-refractivity contribution in [2.24, 2.45) is 0 Å². The number of carbonyl (C=O) groups excluding carboxylic acids is 1. The van der Waals surface area contributed by atoms with E-state index in [0.717, 1.165) is 12.1 Å². The topological polar surface area (TPSA) is 26.3 Å². The quantitative estimate of drug-likeness (QED) is 0.676. The lowest BCUT2D eigenvalue weighted by Crippen LogP contribution is -2.01. The Morgan fingerprint density at radius 3 is 2.54 bits per heavy atom. The molecule has 0 atom stereocenters.